The Bertz CT molecular complexity index is 435. The molecular formula is C13H20N2O3S. The van der Waals surface area contributed by atoms with Crippen molar-refractivity contribution < 1.29 is 14.6 Å². The molecule has 0 radical (unpaired) electrons. The number of thiazole rings is 1. The summed E-state index contributed by atoms with van der Waals surface area (Å²) in [6.45, 7) is 6.59. The average molecular weight is 284 g/mol. The van der Waals surface area contributed by atoms with Crippen LogP contribution in [-0.2, 0) is 16.1 Å². The van der Waals surface area contributed by atoms with Gasteiger partial charge in [0.25, 0.3) is 0 Å². The molecule has 1 aromatic heterocycles. The number of aryl methyl sites for hydroxylation is 1. The maximum atomic E-state index is 11.3. The van der Waals surface area contributed by atoms with Gasteiger partial charge in [0.1, 0.15) is 0 Å². The highest BCUT2D eigenvalue weighted by atomic mass is 32.1. The molecule has 0 bridgehead atoms. The Balaban J connectivity index is 2.11. The summed E-state index contributed by atoms with van der Waals surface area (Å²) < 4.78 is 5.37. The van der Waals surface area contributed by atoms with Crippen molar-refractivity contribution in [2.45, 2.75) is 32.9 Å². The maximum absolute atomic E-state index is 11.3. The standard InChI is InChI=1S/C13H20N2O3S/c1-3-4-15(5-12-9(2)14-8-19-12)11-7-18-6-10(11)13(16)17/h8,10-11H,3-7H2,1-2H3,(H,16,17). The molecule has 1 aliphatic heterocycles. The number of hydrogen-bond acceptors (Lipinski definition) is 5. The summed E-state index contributed by atoms with van der Waals surface area (Å²) in [7, 11) is 0. The lowest BCUT2D eigenvalue weighted by Crippen LogP contribution is -2.43. The second kappa shape index (κ2) is 6.45. The van der Waals surface area contributed by atoms with Crippen LogP contribution in [0.25, 0.3) is 0 Å². The van der Waals surface area contributed by atoms with Gasteiger partial charge in [0.05, 0.1) is 30.3 Å². The quantitative estimate of drug-likeness (QED) is 0.862. The van der Waals surface area contributed by atoms with Crippen molar-refractivity contribution in [1.82, 2.24) is 9.88 Å². The Morgan fingerprint density at radius 1 is 1.63 bits per heavy atom. The summed E-state index contributed by atoms with van der Waals surface area (Å²) in [6.07, 6.45) is 1.00. The third kappa shape index (κ3) is 3.32. The van der Waals surface area contributed by atoms with E-state index in [4.69, 9.17) is 4.74 Å². The highest BCUT2D eigenvalue weighted by Crippen LogP contribution is 2.24. The van der Waals surface area contributed by atoms with Crippen LogP contribution in [0.5, 0.6) is 0 Å². The van der Waals surface area contributed by atoms with Crippen molar-refractivity contribution >= 4 is 17.3 Å². The SMILES string of the molecule is CCCN(Cc1scnc1C)C1COCC1C(=O)O. The Labute approximate surface area is 117 Å². The van der Waals surface area contributed by atoms with Crippen LogP contribution in [0.2, 0.25) is 0 Å². The van der Waals surface area contributed by atoms with Gasteiger partial charge in [-0.15, -0.1) is 11.3 Å². The minimum atomic E-state index is -0.760. The van der Waals surface area contributed by atoms with E-state index in [0.29, 0.717) is 13.2 Å². The topological polar surface area (TPSA) is 62.7 Å². The van der Waals surface area contributed by atoms with Crippen LogP contribution in [-0.4, -0.2) is 46.8 Å². The van der Waals surface area contributed by atoms with Gasteiger partial charge in [-0.05, 0) is 19.9 Å². The number of carbonyl (C=O) groups is 1. The lowest BCUT2D eigenvalue weighted by atomic mass is 10.0. The highest BCUT2D eigenvalue weighted by Gasteiger charge is 2.37. The normalized spacial score (nSPS) is 23.1. The summed E-state index contributed by atoms with van der Waals surface area (Å²) in [5.74, 6) is -1.18. The molecule has 1 N–H and O–H groups in total. The summed E-state index contributed by atoms with van der Waals surface area (Å²) in [4.78, 5) is 19.0. The Morgan fingerprint density at radius 3 is 3.00 bits per heavy atom. The molecule has 1 aliphatic rings. The lowest BCUT2D eigenvalue weighted by Gasteiger charge is -2.29. The molecule has 1 aromatic rings. The Morgan fingerprint density at radius 2 is 2.42 bits per heavy atom. The molecular weight excluding hydrogens is 264 g/mol. The van der Waals surface area contributed by atoms with Gasteiger partial charge in [0, 0.05) is 17.5 Å². The predicted molar refractivity (Wildman–Crippen MR) is 73.3 cm³/mol. The van der Waals surface area contributed by atoms with Gasteiger partial charge in [-0.1, -0.05) is 6.92 Å². The predicted octanol–water partition coefficient (Wildman–Crippen LogP) is 1.76. The van der Waals surface area contributed by atoms with E-state index in [1.54, 1.807) is 11.3 Å². The van der Waals surface area contributed by atoms with Gasteiger partial charge in [-0.3, -0.25) is 9.69 Å². The summed E-state index contributed by atoms with van der Waals surface area (Å²) >= 11 is 1.63. The molecule has 1 saturated heterocycles. The van der Waals surface area contributed by atoms with Crippen LogP contribution >= 0.6 is 11.3 Å². The zero-order chi connectivity index (χ0) is 13.8. The van der Waals surface area contributed by atoms with E-state index >= 15 is 0 Å². The zero-order valence-electron chi connectivity index (χ0n) is 11.3. The number of carboxylic acids is 1. The van der Waals surface area contributed by atoms with E-state index in [9.17, 15) is 9.90 Å². The number of rotatable bonds is 6. The summed E-state index contributed by atoms with van der Waals surface area (Å²) in [5.41, 5.74) is 2.88. The van der Waals surface area contributed by atoms with Gasteiger partial charge in [0.2, 0.25) is 0 Å². The van der Waals surface area contributed by atoms with Crippen molar-refractivity contribution in [3.8, 4) is 0 Å². The molecule has 2 rings (SSSR count). The minimum Gasteiger partial charge on any atom is -0.481 e. The molecule has 1 fully saturated rings. The van der Waals surface area contributed by atoms with Crippen LogP contribution in [0.15, 0.2) is 5.51 Å². The molecule has 0 amide bonds. The molecule has 0 spiro atoms. The van der Waals surface area contributed by atoms with Crippen molar-refractivity contribution in [2.24, 2.45) is 5.92 Å². The number of ether oxygens (including phenoxy) is 1. The summed E-state index contributed by atoms with van der Waals surface area (Å²) in [6, 6.07) is -0.0288. The molecule has 0 aromatic carbocycles. The zero-order valence-corrected chi connectivity index (χ0v) is 12.2. The molecule has 5 nitrogen and oxygen atoms in total. The van der Waals surface area contributed by atoms with Crippen molar-refractivity contribution in [3.05, 3.63) is 16.1 Å². The minimum absolute atomic E-state index is 0.0288. The van der Waals surface area contributed by atoms with E-state index in [1.807, 2.05) is 12.4 Å². The first kappa shape index (κ1) is 14.4. The Kier molecular flexibility index (Phi) is 4.90. The monoisotopic (exact) mass is 284 g/mol. The number of aromatic nitrogens is 1. The van der Waals surface area contributed by atoms with Crippen molar-refractivity contribution in [3.63, 3.8) is 0 Å². The fourth-order valence-corrected chi connectivity index (χ4v) is 3.25. The number of aliphatic carboxylic acids is 1. The second-order valence-electron chi connectivity index (χ2n) is 4.88. The van der Waals surface area contributed by atoms with Gasteiger partial charge < -0.3 is 9.84 Å². The fourth-order valence-electron chi connectivity index (χ4n) is 2.45. The van der Waals surface area contributed by atoms with Gasteiger partial charge in [0.15, 0.2) is 0 Å². The third-order valence-electron chi connectivity index (χ3n) is 3.54. The van der Waals surface area contributed by atoms with Gasteiger partial charge in [-0.25, -0.2) is 4.98 Å². The van der Waals surface area contributed by atoms with Crippen LogP contribution in [0, 0.1) is 12.8 Å². The van der Waals surface area contributed by atoms with E-state index in [2.05, 4.69) is 16.8 Å². The van der Waals surface area contributed by atoms with E-state index < -0.39 is 11.9 Å². The molecule has 2 unspecified atom stereocenters. The van der Waals surface area contributed by atoms with Gasteiger partial charge >= 0.3 is 5.97 Å². The maximum Gasteiger partial charge on any atom is 0.310 e. The third-order valence-corrected chi connectivity index (χ3v) is 4.46. The fraction of sp³-hybridized carbons (Fsp3) is 0.692. The van der Waals surface area contributed by atoms with Crippen molar-refractivity contribution in [1.29, 1.82) is 0 Å². The van der Waals surface area contributed by atoms with Crippen LogP contribution in [0.3, 0.4) is 0 Å². The number of nitrogens with zero attached hydrogens (tertiary/aromatic N) is 2. The number of hydrogen-bond donors (Lipinski definition) is 1. The molecule has 106 valence electrons. The largest absolute Gasteiger partial charge is 0.481 e. The average Bonchev–Trinajstić information content (AvgIpc) is 2.98. The molecule has 2 heterocycles. The second-order valence-corrected chi connectivity index (χ2v) is 5.82. The van der Waals surface area contributed by atoms with Crippen LogP contribution in [0.1, 0.15) is 23.9 Å². The molecule has 19 heavy (non-hydrogen) atoms. The molecule has 0 aliphatic carbocycles. The first-order valence-corrected chi connectivity index (χ1v) is 7.45. The first-order chi connectivity index (χ1) is 9.13. The first-order valence-electron chi connectivity index (χ1n) is 6.57. The molecule has 2 atom stereocenters. The van der Waals surface area contributed by atoms with Crippen LogP contribution in [0.4, 0.5) is 0 Å². The van der Waals surface area contributed by atoms with Gasteiger partial charge in [-0.2, -0.15) is 0 Å². The number of carboxylic acid groups (broad SMARTS) is 1. The Hall–Kier alpha value is -0.980. The molecule has 6 heteroatoms. The van der Waals surface area contributed by atoms with Crippen LogP contribution < -0.4 is 0 Å². The molecule has 0 saturated carbocycles. The van der Waals surface area contributed by atoms with Crippen molar-refractivity contribution in [2.75, 3.05) is 19.8 Å². The lowest BCUT2D eigenvalue weighted by molar-refractivity contribution is -0.143. The van der Waals surface area contributed by atoms with E-state index in [0.717, 1.165) is 25.2 Å². The smallest absolute Gasteiger partial charge is 0.310 e. The highest BCUT2D eigenvalue weighted by molar-refractivity contribution is 7.09. The summed E-state index contributed by atoms with van der Waals surface area (Å²) in [5, 5.41) is 9.27. The van der Waals surface area contributed by atoms with E-state index in [-0.39, 0.29) is 6.04 Å². The van der Waals surface area contributed by atoms with E-state index in [1.165, 1.54) is 4.88 Å².